The Morgan fingerprint density at radius 2 is 1.31 bits per heavy atom. The minimum absolute atomic E-state index is 0.0620. The van der Waals surface area contributed by atoms with Crippen LogP contribution in [0.5, 0.6) is 0 Å². The van der Waals surface area contributed by atoms with E-state index in [1.54, 1.807) is 54.6 Å². The topological polar surface area (TPSA) is 253 Å². The molecular formula is C46H51NO15. The second-order valence-electron chi connectivity index (χ2n) is 16.9. The van der Waals surface area contributed by atoms with Gasteiger partial charge in [-0.15, -0.1) is 0 Å². The van der Waals surface area contributed by atoms with Crippen molar-refractivity contribution in [2.24, 2.45) is 16.7 Å². The maximum atomic E-state index is 15.3. The van der Waals surface area contributed by atoms with Gasteiger partial charge in [0.25, 0.3) is 5.91 Å². The fraction of sp³-hybridized carbons (Fsp3) is 0.435. The summed E-state index contributed by atoms with van der Waals surface area (Å²) in [5.74, 6) is -11.7. The van der Waals surface area contributed by atoms with E-state index >= 15 is 4.79 Å². The van der Waals surface area contributed by atoms with Gasteiger partial charge in [-0.2, -0.15) is 0 Å². The number of amides is 1. The number of aliphatic hydroxyl groups is 5. The van der Waals surface area contributed by atoms with Crippen LogP contribution in [0.1, 0.15) is 86.7 Å². The van der Waals surface area contributed by atoms with Gasteiger partial charge in [0, 0.05) is 37.7 Å². The quantitative estimate of drug-likeness (QED) is 0.0742. The Kier molecular flexibility index (Phi) is 12.7. The van der Waals surface area contributed by atoms with Gasteiger partial charge in [0.2, 0.25) is 5.79 Å². The number of fused-ring (bicyclic) bond motifs is 3. The predicted octanol–water partition coefficient (Wildman–Crippen LogP) is 2.65. The number of rotatable bonds is 10. The number of Topliss-reactive ketones (excluding diaryl/α,β-unsaturated/α-hetero) is 1. The minimum Gasteiger partial charge on any atom is -0.456 e. The highest BCUT2D eigenvalue weighted by molar-refractivity contribution is 5.96. The molecule has 16 heteroatoms. The van der Waals surface area contributed by atoms with E-state index in [1.165, 1.54) is 57.2 Å². The second kappa shape index (κ2) is 17.2. The largest absolute Gasteiger partial charge is 0.456 e. The monoisotopic (exact) mass is 857 g/mol. The number of aliphatic hydroxyl groups excluding tert-OH is 3. The maximum Gasteiger partial charge on any atom is 0.338 e. The van der Waals surface area contributed by atoms with Crippen molar-refractivity contribution in [1.82, 2.24) is 5.32 Å². The molecule has 3 aliphatic carbocycles. The van der Waals surface area contributed by atoms with Crippen molar-refractivity contribution in [3.63, 3.8) is 0 Å². The third-order valence-electron chi connectivity index (χ3n) is 12.8. The number of esters is 4. The van der Waals surface area contributed by atoms with Gasteiger partial charge >= 0.3 is 23.9 Å². The lowest BCUT2D eigenvalue weighted by Gasteiger charge is -2.63. The Balaban J connectivity index is 1.54. The molecule has 62 heavy (non-hydrogen) atoms. The summed E-state index contributed by atoms with van der Waals surface area (Å²) in [5, 5.41) is 63.7. The van der Waals surface area contributed by atoms with Crippen LogP contribution >= 0.6 is 0 Å². The van der Waals surface area contributed by atoms with Crippen molar-refractivity contribution in [1.29, 1.82) is 0 Å². The van der Waals surface area contributed by atoms with E-state index < -0.39 is 119 Å². The molecule has 2 saturated carbocycles. The Labute approximate surface area is 357 Å². The van der Waals surface area contributed by atoms with E-state index in [-0.39, 0.29) is 22.3 Å². The van der Waals surface area contributed by atoms with Crippen LogP contribution in [0.4, 0.5) is 0 Å². The van der Waals surface area contributed by atoms with E-state index in [2.05, 4.69) is 5.32 Å². The van der Waals surface area contributed by atoms with Gasteiger partial charge in [-0.05, 0) is 54.8 Å². The van der Waals surface area contributed by atoms with Crippen LogP contribution in [-0.2, 0) is 38.1 Å². The summed E-state index contributed by atoms with van der Waals surface area (Å²) in [6.07, 6.45) is -13.5. The van der Waals surface area contributed by atoms with Crippen molar-refractivity contribution in [2.75, 3.05) is 0 Å². The Morgan fingerprint density at radius 1 is 0.758 bits per heavy atom. The molecule has 2 unspecified atom stereocenters. The molecule has 330 valence electrons. The number of hydrogen-bond donors (Lipinski definition) is 6. The first kappa shape index (κ1) is 45.7. The molecule has 0 saturated heterocycles. The molecule has 0 aromatic heterocycles. The highest BCUT2D eigenvalue weighted by Gasteiger charge is 2.76. The highest BCUT2D eigenvalue weighted by Crippen LogP contribution is 2.62. The summed E-state index contributed by atoms with van der Waals surface area (Å²) >= 11 is 0. The van der Waals surface area contributed by atoms with Crippen LogP contribution in [0.25, 0.3) is 0 Å². The molecule has 3 aliphatic rings. The SMILES string of the molecule is CC(=O)O[C@H]1C(=O)[C@@]2(C)C([C@H](OC(=O)c3ccccc3)[C@]3(O)C[C@H](OC(=O)[C@H](O)C(NC(=O)c4ccccc4)c4ccccc4)C(C)=C1C3(C)C)[C@](O)(OC(C)=O)[C@@H](O)C[C@@H]2O. The van der Waals surface area contributed by atoms with Crippen molar-refractivity contribution in [2.45, 2.75) is 108 Å². The van der Waals surface area contributed by atoms with E-state index in [0.717, 1.165) is 20.8 Å². The van der Waals surface area contributed by atoms with Gasteiger partial charge in [0.05, 0.1) is 29.0 Å². The van der Waals surface area contributed by atoms with Gasteiger partial charge in [-0.3, -0.25) is 19.2 Å². The molecule has 1 amide bonds. The first-order chi connectivity index (χ1) is 29.1. The van der Waals surface area contributed by atoms with Crippen molar-refractivity contribution in [3.05, 3.63) is 119 Å². The van der Waals surface area contributed by atoms with Crippen LogP contribution < -0.4 is 5.32 Å². The second-order valence-corrected chi connectivity index (χ2v) is 16.9. The number of hydrogen-bond acceptors (Lipinski definition) is 15. The van der Waals surface area contributed by atoms with Crippen molar-refractivity contribution < 1.29 is 73.2 Å². The normalized spacial score (nSPS) is 31.2. The molecule has 0 spiro atoms. The number of ether oxygens (including phenoxy) is 4. The zero-order valence-electron chi connectivity index (χ0n) is 35.0. The summed E-state index contributed by atoms with van der Waals surface area (Å²) in [4.78, 5) is 82.7. The average Bonchev–Trinajstić information content (AvgIpc) is 3.23. The zero-order valence-corrected chi connectivity index (χ0v) is 35.0. The molecule has 3 aromatic carbocycles. The van der Waals surface area contributed by atoms with E-state index in [9.17, 15) is 49.5 Å². The molecule has 2 bridgehead atoms. The van der Waals surface area contributed by atoms with Gasteiger partial charge in [-0.25, -0.2) is 9.59 Å². The van der Waals surface area contributed by atoms with Crippen LogP contribution in [-0.4, -0.2) is 109 Å². The molecule has 6 rings (SSSR count). The average molecular weight is 858 g/mol. The number of carbonyl (C=O) groups is 6. The Morgan fingerprint density at radius 3 is 1.85 bits per heavy atom. The zero-order chi connectivity index (χ0) is 45.5. The highest BCUT2D eigenvalue weighted by atomic mass is 16.7. The van der Waals surface area contributed by atoms with Crippen molar-refractivity contribution >= 4 is 35.6 Å². The number of benzene rings is 3. The molecular weight excluding hydrogens is 806 g/mol. The molecule has 0 aliphatic heterocycles. The van der Waals surface area contributed by atoms with Gasteiger partial charge in [0.1, 0.15) is 23.9 Å². The first-order valence-corrected chi connectivity index (χ1v) is 20.1. The standard InChI is InChI=1S/C46H51NO15/c1-24-30(60-42(56)35(52)34(27-16-10-7-11-17-27)47-40(54)28-18-12-8-13-19-28)23-45(57)39(61-41(55)29-20-14-9-15-21-29)37-44(6,31(50)22-32(51)46(37,58)62-26(3)49)38(53)36(59-25(2)48)33(24)43(45,4)5/h7-21,30-32,34-37,39,50-52,57-58H,22-23H2,1-6H3,(H,47,54)/t30-,31-,32-,34?,35+,36+,37?,39-,44+,45+,46+/m0/s1. The predicted molar refractivity (Wildman–Crippen MR) is 216 cm³/mol. The van der Waals surface area contributed by atoms with Gasteiger partial charge in [0.15, 0.2) is 18.0 Å². The number of nitrogens with one attached hydrogen (secondary N) is 1. The van der Waals surface area contributed by atoms with Gasteiger partial charge in [-0.1, -0.05) is 80.6 Å². The third kappa shape index (κ3) is 7.92. The van der Waals surface area contributed by atoms with E-state index in [0.29, 0.717) is 5.56 Å². The molecule has 3 aromatic rings. The fourth-order valence-corrected chi connectivity index (χ4v) is 9.46. The number of ketones is 1. The third-order valence-corrected chi connectivity index (χ3v) is 12.8. The fourth-order valence-electron chi connectivity index (χ4n) is 9.46. The molecule has 11 atom stereocenters. The smallest absolute Gasteiger partial charge is 0.338 e. The summed E-state index contributed by atoms with van der Waals surface area (Å²) < 4.78 is 23.3. The lowest BCUT2D eigenvalue weighted by molar-refractivity contribution is -0.347. The summed E-state index contributed by atoms with van der Waals surface area (Å²) in [6.45, 7) is 7.36. The lowest BCUT2D eigenvalue weighted by Crippen LogP contribution is -2.78. The molecule has 0 radical (unpaired) electrons. The van der Waals surface area contributed by atoms with Crippen LogP contribution in [0.15, 0.2) is 102 Å². The van der Waals surface area contributed by atoms with E-state index in [4.69, 9.17) is 18.9 Å². The van der Waals surface area contributed by atoms with E-state index in [1.807, 2.05) is 0 Å². The number of carbonyl (C=O) groups excluding carboxylic acids is 6. The summed E-state index contributed by atoms with van der Waals surface area (Å²) in [6, 6.07) is 22.1. The maximum absolute atomic E-state index is 15.3. The van der Waals surface area contributed by atoms with Crippen LogP contribution in [0.2, 0.25) is 0 Å². The summed E-state index contributed by atoms with van der Waals surface area (Å²) in [7, 11) is 0. The molecule has 16 nitrogen and oxygen atoms in total. The summed E-state index contributed by atoms with van der Waals surface area (Å²) in [5.41, 5.74) is -6.50. The lowest BCUT2D eigenvalue weighted by atomic mass is 9.47. The Bertz CT molecular complexity index is 2250. The van der Waals surface area contributed by atoms with Crippen molar-refractivity contribution in [3.8, 4) is 0 Å². The molecule has 0 heterocycles. The Hall–Kier alpha value is -5.78. The molecule has 6 N–H and O–H groups in total. The van der Waals surface area contributed by atoms with Crippen LogP contribution in [0, 0.1) is 16.7 Å². The molecule has 2 fully saturated rings. The first-order valence-electron chi connectivity index (χ1n) is 20.1. The van der Waals surface area contributed by atoms with Crippen LogP contribution in [0.3, 0.4) is 0 Å². The van der Waals surface area contributed by atoms with Gasteiger partial charge < -0.3 is 49.8 Å². The minimum atomic E-state index is -3.17.